The summed E-state index contributed by atoms with van der Waals surface area (Å²) in [5.41, 5.74) is 1.27. The second-order valence-corrected chi connectivity index (χ2v) is 8.23. The first-order valence-corrected chi connectivity index (χ1v) is 10.6. The van der Waals surface area contributed by atoms with Crippen LogP contribution in [-0.4, -0.2) is 60.1 Å². The minimum atomic E-state index is 0. The van der Waals surface area contributed by atoms with E-state index in [2.05, 4.69) is 55.9 Å². The van der Waals surface area contributed by atoms with Crippen LogP contribution in [0.2, 0.25) is 0 Å². The van der Waals surface area contributed by atoms with E-state index in [-0.39, 0.29) is 24.0 Å². The van der Waals surface area contributed by atoms with Crippen molar-refractivity contribution < 1.29 is 0 Å². The van der Waals surface area contributed by atoms with E-state index in [1.165, 1.54) is 37.0 Å². The van der Waals surface area contributed by atoms with Gasteiger partial charge in [0.1, 0.15) is 5.82 Å². The van der Waals surface area contributed by atoms with Crippen molar-refractivity contribution in [2.45, 2.75) is 44.4 Å². The largest absolute Gasteiger partial charge is 0.357 e. The van der Waals surface area contributed by atoms with Gasteiger partial charge in [-0.2, -0.15) is 11.8 Å². The first-order valence-electron chi connectivity index (χ1n) is 9.57. The van der Waals surface area contributed by atoms with Crippen molar-refractivity contribution in [2.75, 3.05) is 43.9 Å². The van der Waals surface area contributed by atoms with Gasteiger partial charge in [-0.15, -0.1) is 24.0 Å². The van der Waals surface area contributed by atoms with Crippen LogP contribution in [-0.2, 0) is 6.54 Å². The Morgan fingerprint density at radius 2 is 2.12 bits per heavy atom. The summed E-state index contributed by atoms with van der Waals surface area (Å²) in [6, 6.07) is 4.33. The van der Waals surface area contributed by atoms with E-state index in [9.17, 15) is 0 Å². The number of hydrogen-bond acceptors (Lipinski definition) is 4. The second-order valence-electron chi connectivity index (χ2n) is 6.82. The fraction of sp³-hybridized carbons (Fsp3) is 0.684. The third-order valence-corrected chi connectivity index (χ3v) is 6.42. The highest BCUT2D eigenvalue weighted by Crippen LogP contribution is 2.21. The molecule has 7 heteroatoms. The highest BCUT2D eigenvalue weighted by molar-refractivity contribution is 14.0. The monoisotopic (exact) mass is 489 g/mol. The quantitative estimate of drug-likeness (QED) is 0.398. The van der Waals surface area contributed by atoms with Crippen LogP contribution in [0.4, 0.5) is 5.82 Å². The predicted molar refractivity (Wildman–Crippen MR) is 124 cm³/mol. The zero-order chi connectivity index (χ0) is 17.5. The van der Waals surface area contributed by atoms with Crippen molar-refractivity contribution in [2.24, 2.45) is 4.99 Å². The lowest BCUT2D eigenvalue weighted by molar-refractivity contribution is 0.408. The molecule has 0 aliphatic carbocycles. The predicted octanol–water partition coefficient (Wildman–Crippen LogP) is 3.59. The highest BCUT2D eigenvalue weighted by Gasteiger charge is 2.21. The third-order valence-electron chi connectivity index (χ3n) is 5.05. The molecule has 26 heavy (non-hydrogen) atoms. The molecule has 0 aromatic carbocycles. The molecule has 0 radical (unpaired) electrons. The number of nitrogens with zero attached hydrogens (tertiary/aromatic N) is 4. The van der Waals surface area contributed by atoms with Crippen molar-refractivity contribution in [1.82, 2.24) is 15.2 Å². The van der Waals surface area contributed by atoms with Crippen LogP contribution in [0.5, 0.6) is 0 Å². The van der Waals surface area contributed by atoms with Crippen LogP contribution in [0.3, 0.4) is 0 Å². The average molecular weight is 489 g/mol. The number of hydrogen-bond donors (Lipinski definition) is 1. The number of thioether (sulfide) groups is 1. The lowest BCUT2D eigenvalue weighted by atomic mass is 10.1. The molecule has 1 atom stereocenters. The van der Waals surface area contributed by atoms with Crippen LogP contribution in [0.25, 0.3) is 0 Å². The maximum absolute atomic E-state index is 4.58. The maximum Gasteiger partial charge on any atom is 0.193 e. The SMILES string of the molecule is CCC1CN(C(=NC)NCc2ccnc(N3CCCCC3)c2)CCS1.I. The molecule has 0 spiro atoms. The summed E-state index contributed by atoms with van der Waals surface area (Å²) in [5.74, 6) is 3.33. The van der Waals surface area contributed by atoms with Crippen molar-refractivity contribution >= 4 is 47.5 Å². The number of aromatic nitrogens is 1. The number of halogens is 1. The molecule has 0 saturated carbocycles. The van der Waals surface area contributed by atoms with Crippen LogP contribution < -0.4 is 10.2 Å². The lowest BCUT2D eigenvalue weighted by Gasteiger charge is -2.34. The van der Waals surface area contributed by atoms with Gasteiger partial charge in [-0.3, -0.25) is 4.99 Å². The lowest BCUT2D eigenvalue weighted by Crippen LogP contribution is -2.47. The summed E-state index contributed by atoms with van der Waals surface area (Å²) in [6.07, 6.45) is 7.07. The number of pyridine rings is 1. The number of guanidine groups is 1. The van der Waals surface area contributed by atoms with Crippen molar-refractivity contribution in [3.05, 3.63) is 23.9 Å². The molecule has 1 unspecified atom stereocenters. The van der Waals surface area contributed by atoms with Gasteiger partial charge in [0, 0.05) is 57.0 Å². The van der Waals surface area contributed by atoms with Crippen LogP contribution in [0, 0.1) is 0 Å². The molecular weight excluding hydrogens is 457 g/mol. The summed E-state index contributed by atoms with van der Waals surface area (Å²) in [5, 5.41) is 4.27. The Morgan fingerprint density at radius 1 is 1.31 bits per heavy atom. The molecule has 0 amide bonds. The highest BCUT2D eigenvalue weighted by atomic mass is 127. The number of anilines is 1. The normalized spacial score (nSPS) is 21.3. The Balaban J connectivity index is 0.00000243. The molecule has 1 aromatic heterocycles. The number of aliphatic imine (C=N–C) groups is 1. The molecule has 0 bridgehead atoms. The van der Waals surface area contributed by atoms with E-state index < -0.39 is 0 Å². The summed E-state index contributed by atoms with van der Waals surface area (Å²) < 4.78 is 0. The van der Waals surface area contributed by atoms with E-state index in [4.69, 9.17) is 0 Å². The second kappa shape index (κ2) is 11.2. The number of nitrogens with one attached hydrogen (secondary N) is 1. The fourth-order valence-corrected chi connectivity index (χ4v) is 4.72. The van der Waals surface area contributed by atoms with E-state index in [1.54, 1.807) is 0 Å². The Bertz CT molecular complexity index is 577. The first-order chi connectivity index (χ1) is 12.3. The molecule has 1 N–H and O–H groups in total. The third kappa shape index (κ3) is 5.90. The minimum Gasteiger partial charge on any atom is -0.357 e. The smallest absolute Gasteiger partial charge is 0.193 e. The van der Waals surface area contributed by atoms with E-state index >= 15 is 0 Å². The Labute approximate surface area is 179 Å². The van der Waals surface area contributed by atoms with Gasteiger partial charge in [0.2, 0.25) is 0 Å². The van der Waals surface area contributed by atoms with E-state index in [1.807, 2.05) is 13.2 Å². The molecule has 2 saturated heterocycles. The van der Waals surface area contributed by atoms with Gasteiger partial charge in [0.25, 0.3) is 0 Å². The zero-order valence-corrected chi connectivity index (χ0v) is 19.1. The first kappa shape index (κ1) is 21.6. The molecule has 1 aromatic rings. The van der Waals surface area contributed by atoms with Gasteiger partial charge in [-0.25, -0.2) is 4.98 Å². The molecule has 146 valence electrons. The van der Waals surface area contributed by atoms with E-state index in [0.717, 1.165) is 49.8 Å². The van der Waals surface area contributed by atoms with Crippen molar-refractivity contribution in [3.8, 4) is 0 Å². The van der Waals surface area contributed by atoms with Gasteiger partial charge in [-0.05, 0) is 43.4 Å². The van der Waals surface area contributed by atoms with Gasteiger partial charge in [0.05, 0.1) is 0 Å². The molecule has 5 nitrogen and oxygen atoms in total. The van der Waals surface area contributed by atoms with Crippen molar-refractivity contribution in [1.29, 1.82) is 0 Å². The zero-order valence-electron chi connectivity index (χ0n) is 16.0. The summed E-state index contributed by atoms with van der Waals surface area (Å²) in [4.78, 5) is 13.9. The summed E-state index contributed by atoms with van der Waals surface area (Å²) in [7, 11) is 1.89. The van der Waals surface area contributed by atoms with Crippen LogP contribution in [0.1, 0.15) is 38.2 Å². The Hall–Kier alpha value is -0.700. The number of rotatable bonds is 4. The Morgan fingerprint density at radius 3 is 2.85 bits per heavy atom. The van der Waals surface area contributed by atoms with E-state index in [0.29, 0.717) is 0 Å². The molecule has 2 aliphatic rings. The fourth-order valence-electron chi connectivity index (χ4n) is 3.54. The molecule has 3 heterocycles. The van der Waals surface area contributed by atoms with Crippen LogP contribution >= 0.6 is 35.7 Å². The van der Waals surface area contributed by atoms with Crippen molar-refractivity contribution in [3.63, 3.8) is 0 Å². The molecule has 3 rings (SSSR count). The van der Waals surface area contributed by atoms with Gasteiger partial charge < -0.3 is 15.1 Å². The van der Waals surface area contributed by atoms with Crippen LogP contribution in [0.15, 0.2) is 23.3 Å². The minimum absolute atomic E-state index is 0. The average Bonchev–Trinajstić information content (AvgIpc) is 2.69. The molecular formula is C19H32IN5S. The van der Waals surface area contributed by atoms with Gasteiger partial charge >= 0.3 is 0 Å². The Kier molecular flexibility index (Phi) is 9.31. The topological polar surface area (TPSA) is 43.8 Å². The van der Waals surface area contributed by atoms with Gasteiger partial charge in [-0.1, -0.05) is 6.92 Å². The molecule has 2 aliphatic heterocycles. The summed E-state index contributed by atoms with van der Waals surface area (Å²) >= 11 is 2.09. The summed E-state index contributed by atoms with van der Waals surface area (Å²) in [6.45, 7) is 7.52. The van der Waals surface area contributed by atoms with Gasteiger partial charge in [0.15, 0.2) is 5.96 Å². The number of piperidine rings is 1. The molecule has 2 fully saturated rings. The standard InChI is InChI=1S/C19H31N5S.HI/c1-3-17-15-24(11-12-25-17)19(20-2)22-14-16-7-8-21-18(13-16)23-9-5-4-6-10-23;/h7-8,13,17H,3-6,9-12,14-15H2,1-2H3,(H,20,22);1H. The maximum atomic E-state index is 4.58.